The predicted molar refractivity (Wildman–Crippen MR) is 90.6 cm³/mol. The Balaban J connectivity index is 1.61. The van der Waals surface area contributed by atoms with Gasteiger partial charge in [0, 0.05) is 43.1 Å². The molecule has 6 heteroatoms. The lowest BCUT2D eigenvalue weighted by molar-refractivity contribution is -0.118. The van der Waals surface area contributed by atoms with E-state index in [2.05, 4.69) is 10.2 Å². The average molecular weight is 327 g/mol. The summed E-state index contributed by atoms with van der Waals surface area (Å²) in [5.41, 5.74) is 2.14. The fourth-order valence-corrected chi connectivity index (χ4v) is 2.65. The maximum atomic E-state index is 12.9. The van der Waals surface area contributed by atoms with Crippen molar-refractivity contribution < 1.29 is 14.0 Å². The second-order valence-corrected chi connectivity index (χ2v) is 5.64. The predicted octanol–water partition coefficient (Wildman–Crippen LogP) is 2.36. The fourth-order valence-electron chi connectivity index (χ4n) is 2.65. The summed E-state index contributed by atoms with van der Waals surface area (Å²) in [6, 6.07) is 13.0. The zero-order valence-electron chi connectivity index (χ0n) is 13.1. The van der Waals surface area contributed by atoms with Crippen molar-refractivity contribution in [1.82, 2.24) is 4.90 Å². The molecule has 1 heterocycles. The lowest BCUT2D eigenvalue weighted by atomic mass is 10.2. The van der Waals surface area contributed by atoms with Crippen molar-refractivity contribution in [2.75, 3.05) is 36.4 Å². The molecule has 3 rings (SSSR count). The van der Waals surface area contributed by atoms with Crippen molar-refractivity contribution in [3.8, 4) is 0 Å². The van der Waals surface area contributed by atoms with Gasteiger partial charge in [0.2, 0.25) is 6.41 Å². The number of halogens is 1. The Kier molecular flexibility index (Phi) is 4.74. The summed E-state index contributed by atoms with van der Waals surface area (Å²) in [5.74, 6) is -0.645. The Morgan fingerprint density at radius 3 is 2.17 bits per heavy atom. The first-order valence-corrected chi connectivity index (χ1v) is 7.77. The molecule has 0 aliphatic carbocycles. The Morgan fingerprint density at radius 1 is 0.958 bits per heavy atom. The van der Waals surface area contributed by atoms with Crippen molar-refractivity contribution in [3.63, 3.8) is 0 Å². The molecule has 0 radical (unpaired) electrons. The summed E-state index contributed by atoms with van der Waals surface area (Å²) in [6.07, 6.45) is 0.880. The van der Waals surface area contributed by atoms with E-state index in [1.807, 2.05) is 24.3 Å². The normalized spacial score (nSPS) is 14.4. The monoisotopic (exact) mass is 327 g/mol. The minimum absolute atomic E-state index is 0.276. The van der Waals surface area contributed by atoms with Gasteiger partial charge in [-0.05, 0) is 48.5 Å². The zero-order chi connectivity index (χ0) is 16.9. The highest BCUT2D eigenvalue weighted by atomic mass is 19.1. The summed E-state index contributed by atoms with van der Waals surface area (Å²) >= 11 is 0. The Morgan fingerprint density at radius 2 is 1.58 bits per heavy atom. The van der Waals surface area contributed by atoms with Gasteiger partial charge in [-0.25, -0.2) is 4.39 Å². The first-order valence-electron chi connectivity index (χ1n) is 7.77. The van der Waals surface area contributed by atoms with E-state index >= 15 is 0 Å². The van der Waals surface area contributed by atoms with Gasteiger partial charge in [0.1, 0.15) is 5.82 Å². The van der Waals surface area contributed by atoms with Crippen LogP contribution in [-0.2, 0) is 4.79 Å². The number of nitrogens with one attached hydrogen (secondary N) is 1. The van der Waals surface area contributed by atoms with Crippen LogP contribution in [0, 0.1) is 5.82 Å². The van der Waals surface area contributed by atoms with E-state index in [-0.39, 0.29) is 11.7 Å². The lowest BCUT2D eigenvalue weighted by Crippen LogP contribution is -2.45. The third kappa shape index (κ3) is 3.71. The van der Waals surface area contributed by atoms with Crippen LogP contribution in [0.4, 0.5) is 15.8 Å². The molecule has 0 atom stereocenters. The quantitative estimate of drug-likeness (QED) is 0.877. The van der Waals surface area contributed by atoms with Crippen molar-refractivity contribution in [1.29, 1.82) is 0 Å². The Labute approximate surface area is 139 Å². The van der Waals surface area contributed by atoms with Crippen LogP contribution in [0.25, 0.3) is 0 Å². The Bertz CT molecular complexity index is 708. The highest BCUT2D eigenvalue weighted by molar-refractivity contribution is 6.04. The van der Waals surface area contributed by atoms with Crippen LogP contribution in [0.2, 0.25) is 0 Å². The summed E-state index contributed by atoms with van der Waals surface area (Å²) in [5, 5.41) is 2.79. The van der Waals surface area contributed by atoms with Gasteiger partial charge in [-0.2, -0.15) is 0 Å². The first kappa shape index (κ1) is 16.0. The molecular weight excluding hydrogens is 309 g/mol. The molecule has 24 heavy (non-hydrogen) atoms. The number of piperazine rings is 1. The molecule has 1 N–H and O–H groups in total. The van der Waals surface area contributed by atoms with E-state index in [9.17, 15) is 14.0 Å². The van der Waals surface area contributed by atoms with E-state index in [1.165, 1.54) is 24.3 Å². The van der Waals surface area contributed by atoms with Crippen LogP contribution in [0.15, 0.2) is 48.5 Å². The van der Waals surface area contributed by atoms with Crippen LogP contribution in [0.1, 0.15) is 10.4 Å². The highest BCUT2D eigenvalue weighted by Crippen LogP contribution is 2.20. The molecule has 0 aromatic heterocycles. The van der Waals surface area contributed by atoms with Crippen LogP contribution >= 0.6 is 0 Å². The third-order valence-corrected chi connectivity index (χ3v) is 4.06. The van der Waals surface area contributed by atoms with Crippen molar-refractivity contribution in [2.45, 2.75) is 0 Å². The maximum absolute atomic E-state index is 12.9. The minimum atomic E-state index is -0.370. The van der Waals surface area contributed by atoms with Gasteiger partial charge >= 0.3 is 0 Å². The molecule has 2 aromatic carbocycles. The summed E-state index contributed by atoms with van der Waals surface area (Å²) in [7, 11) is 0. The molecule has 5 nitrogen and oxygen atoms in total. The summed E-state index contributed by atoms with van der Waals surface area (Å²) < 4.78 is 12.9. The third-order valence-electron chi connectivity index (χ3n) is 4.06. The van der Waals surface area contributed by atoms with Crippen LogP contribution in [0.5, 0.6) is 0 Å². The largest absolute Gasteiger partial charge is 0.368 e. The van der Waals surface area contributed by atoms with Crippen molar-refractivity contribution in [3.05, 3.63) is 59.9 Å². The van der Waals surface area contributed by atoms with E-state index in [1.54, 1.807) is 4.90 Å². The van der Waals surface area contributed by atoms with Gasteiger partial charge in [-0.3, -0.25) is 9.59 Å². The minimum Gasteiger partial charge on any atom is -0.368 e. The molecule has 0 spiro atoms. The second kappa shape index (κ2) is 7.12. The SMILES string of the molecule is O=CN1CCN(c2ccc(NC(=O)c3ccc(F)cc3)cc2)CC1. The van der Waals surface area contributed by atoms with Gasteiger partial charge in [0.15, 0.2) is 0 Å². The maximum Gasteiger partial charge on any atom is 0.255 e. The Hall–Kier alpha value is -2.89. The van der Waals surface area contributed by atoms with Crippen LogP contribution in [-0.4, -0.2) is 43.4 Å². The number of rotatable bonds is 4. The fraction of sp³-hybridized carbons (Fsp3) is 0.222. The van der Waals surface area contributed by atoms with Gasteiger partial charge in [0.25, 0.3) is 5.91 Å². The van der Waals surface area contributed by atoms with Gasteiger partial charge in [-0.15, -0.1) is 0 Å². The molecular formula is C18H18FN3O2. The molecule has 0 unspecified atom stereocenters. The summed E-state index contributed by atoms with van der Waals surface area (Å²) in [4.78, 5) is 26.8. The lowest BCUT2D eigenvalue weighted by Gasteiger charge is -2.34. The summed E-state index contributed by atoms with van der Waals surface area (Å²) in [6.45, 7) is 3.01. The molecule has 0 bridgehead atoms. The number of nitrogens with zero attached hydrogens (tertiary/aromatic N) is 2. The molecule has 1 aliphatic rings. The van der Waals surface area contributed by atoms with Crippen LogP contribution < -0.4 is 10.2 Å². The first-order chi connectivity index (χ1) is 11.7. The number of carbonyl (C=O) groups is 2. The number of anilines is 2. The molecule has 0 saturated carbocycles. The number of amides is 2. The zero-order valence-corrected chi connectivity index (χ0v) is 13.1. The highest BCUT2D eigenvalue weighted by Gasteiger charge is 2.15. The van der Waals surface area contributed by atoms with Gasteiger partial charge < -0.3 is 15.1 Å². The van der Waals surface area contributed by atoms with E-state index in [0.29, 0.717) is 24.3 Å². The number of carbonyl (C=O) groups excluding carboxylic acids is 2. The van der Waals surface area contributed by atoms with Crippen molar-refractivity contribution >= 4 is 23.7 Å². The van der Waals surface area contributed by atoms with E-state index in [4.69, 9.17) is 0 Å². The standard InChI is InChI=1S/C18H18FN3O2/c19-15-3-1-14(2-4-15)18(24)20-16-5-7-17(8-6-16)22-11-9-21(13-23)10-12-22/h1-8,13H,9-12H2,(H,20,24). The van der Waals surface area contributed by atoms with E-state index < -0.39 is 0 Å². The molecule has 1 saturated heterocycles. The van der Waals surface area contributed by atoms with Gasteiger partial charge in [-0.1, -0.05) is 0 Å². The van der Waals surface area contributed by atoms with E-state index in [0.717, 1.165) is 25.2 Å². The number of hydrogen-bond donors (Lipinski definition) is 1. The molecule has 2 aromatic rings. The molecule has 124 valence electrons. The topological polar surface area (TPSA) is 52.7 Å². The molecule has 1 fully saturated rings. The van der Waals surface area contributed by atoms with Gasteiger partial charge in [0.05, 0.1) is 0 Å². The average Bonchev–Trinajstić information content (AvgIpc) is 2.63. The van der Waals surface area contributed by atoms with Crippen molar-refractivity contribution in [2.24, 2.45) is 0 Å². The smallest absolute Gasteiger partial charge is 0.255 e. The number of benzene rings is 2. The molecule has 2 amide bonds. The molecule has 1 aliphatic heterocycles. The number of hydrogen-bond acceptors (Lipinski definition) is 3. The second-order valence-electron chi connectivity index (χ2n) is 5.64. The van der Waals surface area contributed by atoms with Crippen LogP contribution in [0.3, 0.4) is 0 Å².